The van der Waals surface area contributed by atoms with Gasteiger partial charge in [0.2, 0.25) is 0 Å². The summed E-state index contributed by atoms with van der Waals surface area (Å²) in [5.41, 5.74) is 0.310. The van der Waals surface area contributed by atoms with E-state index in [-0.39, 0.29) is 51.3 Å². The van der Waals surface area contributed by atoms with Gasteiger partial charge in [-0.15, -0.1) is 0 Å². The van der Waals surface area contributed by atoms with Gasteiger partial charge in [0.1, 0.15) is 5.75 Å². The summed E-state index contributed by atoms with van der Waals surface area (Å²) in [5.74, 6) is 0.152. The third-order valence-electron chi connectivity index (χ3n) is 14.8. The topological polar surface area (TPSA) is 104 Å². The molecule has 0 bridgehead atoms. The lowest BCUT2D eigenvalue weighted by atomic mass is 9.32. The molecule has 6 rings (SSSR count). The predicted octanol–water partition coefficient (Wildman–Crippen LogP) is 8.03. The lowest BCUT2D eigenvalue weighted by Crippen LogP contribution is -2.69. The van der Waals surface area contributed by atoms with Crippen LogP contribution in [0.4, 0.5) is 0 Å². The number of hydrogen-bond donors (Lipinski definition) is 3. The van der Waals surface area contributed by atoms with Crippen LogP contribution in [0.3, 0.4) is 0 Å². The molecule has 0 spiro atoms. The van der Waals surface area contributed by atoms with Crippen LogP contribution in [0.25, 0.3) is 6.08 Å². The lowest BCUT2D eigenvalue weighted by Gasteiger charge is -2.72. The Morgan fingerprint density at radius 2 is 1.64 bits per heavy atom. The molecule has 0 aromatic heterocycles. The molecule has 0 heterocycles. The number of phenolic OH excluding ortho intramolecular Hbond substituents is 1. The molecule has 6 heteroatoms. The highest BCUT2D eigenvalue weighted by Gasteiger charge is 2.74. The minimum Gasteiger partial charge on any atom is -0.508 e. The van der Waals surface area contributed by atoms with E-state index in [2.05, 4.69) is 41.2 Å². The molecule has 5 aliphatic rings. The molecule has 0 amide bonds. The molecule has 5 fully saturated rings. The van der Waals surface area contributed by atoms with E-state index in [0.29, 0.717) is 24.9 Å². The number of aliphatic hydroxyl groups excluding tert-OH is 1. The van der Waals surface area contributed by atoms with Crippen molar-refractivity contribution >= 4 is 18.0 Å². The molecule has 10 atom stereocenters. The Balaban J connectivity index is 1.32. The molecule has 1 aromatic carbocycles. The maximum atomic E-state index is 13.9. The second kappa shape index (κ2) is 11.0. The van der Waals surface area contributed by atoms with Crippen molar-refractivity contribution in [1.82, 2.24) is 0 Å². The first kappa shape index (κ1) is 32.3. The van der Waals surface area contributed by atoms with Crippen molar-refractivity contribution in [3.8, 4) is 5.75 Å². The first-order valence-corrected chi connectivity index (χ1v) is 17.3. The molecule has 246 valence electrons. The zero-order valence-corrected chi connectivity index (χ0v) is 28.0. The van der Waals surface area contributed by atoms with Crippen LogP contribution in [0.5, 0.6) is 5.75 Å². The Kier molecular flexibility index (Phi) is 7.90. The van der Waals surface area contributed by atoms with Crippen molar-refractivity contribution in [1.29, 1.82) is 0 Å². The number of aromatic hydroxyl groups is 1. The van der Waals surface area contributed by atoms with Gasteiger partial charge in [0.25, 0.3) is 0 Å². The van der Waals surface area contributed by atoms with Crippen molar-refractivity contribution in [2.24, 2.45) is 56.7 Å². The minimum atomic E-state index is -0.834. The van der Waals surface area contributed by atoms with Crippen LogP contribution in [0.15, 0.2) is 42.5 Å². The number of aliphatic carboxylic acids is 1. The molecule has 0 saturated heterocycles. The average Bonchev–Trinajstić information content (AvgIpc) is 3.38. The molecular formula is C39H54O6. The van der Waals surface area contributed by atoms with Crippen molar-refractivity contribution in [2.45, 2.75) is 105 Å². The van der Waals surface area contributed by atoms with Crippen LogP contribution in [-0.2, 0) is 14.3 Å². The molecular weight excluding hydrogens is 564 g/mol. The molecule has 6 nitrogen and oxygen atoms in total. The summed E-state index contributed by atoms with van der Waals surface area (Å²) in [4.78, 5) is 26.9. The number of hydrogen-bond acceptors (Lipinski definition) is 5. The number of carbonyl (C=O) groups excluding carboxylic acids is 1. The monoisotopic (exact) mass is 618 g/mol. The van der Waals surface area contributed by atoms with Crippen molar-refractivity contribution in [3.05, 3.63) is 48.1 Å². The molecule has 1 aromatic rings. The molecule has 45 heavy (non-hydrogen) atoms. The standard InChI is InChI=1S/C39H54O6/c1-24(2)27-15-20-38(23-45-32(42)14-9-25-7-10-26(40)11-8-25)21-22-39(34(43)44)28(33(27)38)12-13-30-36(5)18-17-31(41)35(3,4)29(36)16-19-37(30,39)6/h7-11,14,27-31,33,40-41H,1,12-13,15-23H2,2-6H3,(H,43,44)/t27-,28+,29-,30+,31-,33+,36-,37+,38+,39+/m0/s1. The summed E-state index contributed by atoms with van der Waals surface area (Å²) < 4.78 is 6.01. The van der Waals surface area contributed by atoms with Gasteiger partial charge in [-0.1, -0.05) is 52.0 Å². The Labute approximate surface area is 269 Å². The number of carboxylic acids is 1. The number of allylic oxidation sites excluding steroid dienone is 1. The summed E-state index contributed by atoms with van der Waals surface area (Å²) >= 11 is 0. The first-order valence-electron chi connectivity index (χ1n) is 17.3. The van der Waals surface area contributed by atoms with E-state index in [0.717, 1.165) is 68.9 Å². The maximum Gasteiger partial charge on any atom is 0.330 e. The number of fused-ring (bicyclic) bond motifs is 7. The molecule has 0 unspecified atom stereocenters. The number of phenols is 1. The first-order chi connectivity index (χ1) is 21.1. The fourth-order valence-electron chi connectivity index (χ4n) is 12.7. The van der Waals surface area contributed by atoms with Gasteiger partial charge in [0, 0.05) is 11.5 Å². The SMILES string of the molecule is C=C(C)[C@@H]1CC[C@]2(COC(=O)C=Cc3ccc(O)cc3)CC[C@]3(C(=O)O)[C@H](CC[C@@H]4[C@@]5(C)CC[C@H](O)C(C)(C)[C@@H]5CC[C@]43C)[C@@H]12. The fraction of sp³-hybridized carbons (Fsp3) is 0.692. The van der Waals surface area contributed by atoms with E-state index in [9.17, 15) is 24.9 Å². The Bertz CT molecular complexity index is 1380. The van der Waals surface area contributed by atoms with Crippen LogP contribution >= 0.6 is 0 Å². The highest BCUT2D eigenvalue weighted by atomic mass is 16.5. The molecule has 0 aliphatic heterocycles. The van der Waals surface area contributed by atoms with Crippen molar-refractivity contribution in [2.75, 3.05) is 6.61 Å². The highest BCUT2D eigenvalue weighted by Crippen LogP contribution is 2.77. The van der Waals surface area contributed by atoms with Gasteiger partial charge >= 0.3 is 11.9 Å². The van der Waals surface area contributed by atoms with E-state index in [1.807, 2.05) is 0 Å². The normalized spacial score (nSPS) is 43.4. The second-order valence-corrected chi connectivity index (χ2v) is 16.8. The van der Waals surface area contributed by atoms with E-state index in [1.165, 1.54) is 6.08 Å². The van der Waals surface area contributed by atoms with Crippen LogP contribution in [0, 0.1) is 56.7 Å². The number of rotatable bonds is 6. The fourth-order valence-corrected chi connectivity index (χ4v) is 12.7. The molecule has 0 radical (unpaired) electrons. The summed E-state index contributed by atoms with van der Waals surface area (Å²) in [5, 5.41) is 32.0. The third kappa shape index (κ3) is 4.66. The van der Waals surface area contributed by atoms with Crippen molar-refractivity contribution in [3.63, 3.8) is 0 Å². The number of ether oxygens (including phenoxy) is 1. The van der Waals surface area contributed by atoms with Gasteiger partial charge in [-0.25, -0.2) is 4.79 Å². The zero-order valence-electron chi connectivity index (χ0n) is 28.0. The number of aliphatic hydroxyl groups is 1. The quantitative estimate of drug-likeness (QED) is 0.169. The van der Waals surface area contributed by atoms with Gasteiger partial charge in [0.05, 0.1) is 18.1 Å². The summed E-state index contributed by atoms with van der Waals surface area (Å²) in [6, 6.07) is 6.66. The smallest absolute Gasteiger partial charge is 0.330 e. The Morgan fingerprint density at radius 1 is 0.933 bits per heavy atom. The van der Waals surface area contributed by atoms with Gasteiger partial charge in [-0.2, -0.15) is 0 Å². The van der Waals surface area contributed by atoms with Crippen LogP contribution in [0.1, 0.15) is 104 Å². The third-order valence-corrected chi connectivity index (χ3v) is 14.8. The maximum absolute atomic E-state index is 13.9. The predicted molar refractivity (Wildman–Crippen MR) is 175 cm³/mol. The molecule has 3 N–H and O–H groups in total. The van der Waals surface area contributed by atoms with Crippen LogP contribution in [-0.4, -0.2) is 40.0 Å². The summed E-state index contributed by atoms with van der Waals surface area (Å²) in [7, 11) is 0. The lowest BCUT2D eigenvalue weighted by molar-refractivity contribution is -0.256. The van der Waals surface area contributed by atoms with E-state index in [1.54, 1.807) is 30.3 Å². The van der Waals surface area contributed by atoms with Crippen molar-refractivity contribution < 1.29 is 29.6 Å². The summed E-state index contributed by atoms with van der Waals surface area (Å²) in [6.07, 6.45) is 11.5. The van der Waals surface area contributed by atoms with Gasteiger partial charge in [-0.05, 0) is 141 Å². The van der Waals surface area contributed by atoms with Gasteiger partial charge in [-0.3, -0.25) is 4.79 Å². The Morgan fingerprint density at radius 3 is 2.31 bits per heavy atom. The average molecular weight is 619 g/mol. The van der Waals surface area contributed by atoms with E-state index >= 15 is 0 Å². The highest BCUT2D eigenvalue weighted by molar-refractivity contribution is 5.87. The summed E-state index contributed by atoms with van der Waals surface area (Å²) in [6.45, 7) is 16.0. The number of carbonyl (C=O) groups is 2. The number of carboxylic acid groups (broad SMARTS) is 1. The minimum absolute atomic E-state index is 0.000476. The van der Waals surface area contributed by atoms with E-state index < -0.39 is 17.4 Å². The van der Waals surface area contributed by atoms with Gasteiger partial charge in [0.15, 0.2) is 0 Å². The molecule has 5 aliphatic carbocycles. The molecule has 5 saturated carbocycles. The second-order valence-electron chi connectivity index (χ2n) is 16.8. The van der Waals surface area contributed by atoms with E-state index in [4.69, 9.17) is 4.74 Å². The van der Waals surface area contributed by atoms with Crippen LogP contribution < -0.4 is 0 Å². The van der Waals surface area contributed by atoms with Gasteiger partial charge < -0.3 is 20.1 Å². The zero-order chi connectivity index (χ0) is 32.6. The number of esters is 1. The number of benzene rings is 1. The Hall–Kier alpha value is -2.60. The van der Waals surface area contributed by atoms with Crippen LogP contribution in [0.2, 0.25) is 0 Å². The largest absolute Gasteiger partial charge is 0.508 e.